The second-order valence-corrected chi connectivity index (χ2v) is 6.16. The summed E-state index contributed by atoms with van der Waals surface area (Å²) in [6.45, 7) is 0.426. The number of carbonyl (C=O) groups excluding carboxylic acids is 1. The van der Waals surface area contributed by atoms with Crippen molar-refractivity contribution >= 4 is 11.6 Å². The Morgan fingerprint density at radius 3 is 2.35 bits per heavy atom. The molecule has 0 atom stereocenters. The summed E-state index contributed by atoms with van der Waals surface area (Å²) in [5.41, 5.74) is 2.34. The Balaban J connectivity index is 1.50. The van der Waals surface area contributed by atoms with Gasteiger partial charge in [0, 0.05) is 11.7 Å². The number of benzene rings is 1. The molecule has 0 spiro atoms. The maximum Gasteiger partial charge on any atom is 0.238 e. The Hall–Kier alpha value is -1.35. The fourth-order valence-corrected chi connectivity index (χ4v) is 3.00. The Kier molecular flexibility index (Phi) is 4.36. The van der Waals surface area contributed by atoms with Gasteiger partial charge in [-0.1, -0.05) is 31.4 Å². The molecule has 2 aliphatic carbocycles. The lowest BCUT2D eigenvalue weighted by Gasteiger charge is -2.22. The smallest absolute Gasteiger partial charge is 0.238 e. The first-order valence-electron chi connectivity index (χ1n) is 7.94. The maximum atomic E-state index is 11.8. The van der Waals surface area contributed by atoms with E-state index in [-0.39, 0.29) is 5.91 Å². The van der Waals surface area contributed by atoms with Crippen LogP contribution in [0.3, 0.4) is 0 Å². The van der Waals surface area contributed by atoms with Crippen molar-refractivity contribution < 1.29 is 4.79 Å². The molecule has 0 unspecified atom stereocenters. The summed E-state index contributed by atoms with van der Waals surface area (Å²) >= 11 is 0. The van der Waals surface area contributed by atoms with Crippen molar-refractivity contribution in [1.82, 2.24) is 5.32 Å². The molecule has 0 radical (unpaired) electrons. The minimum atomic E-state index is 0.0577. The lowest BCUT2D eigenvalue weighted by atomic mass is 9.84. The molecule has 2 fully saturated rings. The zero-order chi connectivity index (χ0) is 13.8. The van der Waals surface area contributed by atoms with Crippen molar-refractivity contribution in [2.45, 2.75) is 56.9 Å². The van der Waals surface area contributed by atoms with Gasteiger partial charge in [0.1, 0.15) is 0 Å². The standard InChI is InChI=1S/C17H24N2O/c20-17(12-18-15-10-11-15)19-16-8-6-14(7-9-16)13-4-2-1-3-5-13/h6-9,13,15,18H,1-5,10-12H2,(H,19,20). The molecule has 0 bridgehead atoms. The van der Waals surface area contributed by atoms with E-state index in [1.807, 2.05) is 12.1 Å². The first-order chi connectivity index (χ1) is 9.81. The fourth-order valence-electron chi connectivity index (χ4n) is 3.00. The topological polar surface area (TPSA) is 41.1 Å². The molecule has 2 saturated carbocycles. The van der Waals surface area contributed by atoms with E-state index in [0.29, 0.717) is 12.6 Å². The van der Waals surface area contributed by atoms with E-state index in [4.69, 9.17) is 0 Å². The summed E-state index contributed by atoms with van der Waals surface area (Å²) < 4.78 is 0. The van der Waals surface area contributed by atoms with Crippen molar-refractivity contribution in [1.29, 1.82) is 0 Å². The molecule has 2 N–H and O–H groups in total. The van der Waals surface area contributed by atoms with Crippen molar-refractivity contribution in [3.05, 3.63) is 29.8 Å². The Labute approximate surface area is 121 Å². The molecule has 3 nitrogen and oxygen atoms in total. The van der Waals surface area contributed by atoms with Crippen LogP contribution in [0.25, 0.3) is 0 Å². The first-order valence-corrected chi connectivity index (χ1v) is 7.94. The van der Waals surface area contributed by atoms with Crippen molar-refractivity contribution in [3.63, 3.8) is 0 Å². The Morgan fingerprint density at radius 1 is 1.00 bits per heavy atom. The van der Waals surface area contributed by atoms with E-state index in [9.17, 15) is 4.79 Å². The minimum Gasteiger partial charge on any atom is -0.325 e. The molecule has 0 heterocycles. The first kappa shape index (κ1) is 13.6. The summed E-state index contributed by atoms with van der Waals surface area (Å²) in [4.78, 5) is 11.8. The van der Waals surface area contributed by atoms with Crippen molar-refractivity contribution in [2.75, 3.05) is 11.9 Å². The van der Waals surface area contributed by atoms with Crippen LogP contribution in [-0.2, 0) is 4.79 Å². The van der Waals surface area contributed by atoms with Crippen molar-refractivity contribution in [3.8, 4) is 0 Å². The number of amides is 1. The summed E-state index contributed by atoms with van der Waals surface area (Å²) in [6, 6.07) is 9.02. The highest BCUT2D eigenvalue weighted by Gasteiger charge is 2.21. The highest BCUT2D eigenvalue weighted by atomic mass is 16.1. The van der Waals surface area contributed by atoms with Crippen LogP contribution in [0.15, 0.2) is 24.3 Å². The lowest BCUT2D eigenvalue weighted by molar-refractivity contribution is -0.115. The number of anilines is 1. The average Bonchev–Trinajstić information content (AvgIpc) is 3.31. The Morgan fingerprint density at radius 2 is 1.70 bits per heavy atom. The van der Waals surface area contributed by atoms with Gasteiger partial charge >= 0.3 is 0 Å². The van der Waals surface area contributed by atoms with E-state index in [2.05, 4.69) is 22.8 Å². The maximum absolute atomic E-state index is 11.8. The van der Waals surface area contributed by atoms with Gasteiger partial charge in [-0.05, 0) is 49.3 Å². The molecule has 1 amide bonds. The molecule has 20 heavy (non-hydrogen) atoms. The number of hydrogen-bond acceptors (Lipinski definition) is 2. The number of carbonyl (C=O) groups is 1. The van der Waals surface area contributed by atoms with Crippen LogP contribution in [0.5, 0.6) is 0 Å². The van der Waals surface area contributed by atoms with Crippen LogP contribution in [0.4, 0.5) is 5.69 Å². The van der Waals surface area contributed by atoms with Crippen LogP contribution < -0.4 is 10.6 Å². The van der Waals surface area contributed by atoms with Crippen LogP contribution in [0, 0.1) is 0 Å². The second kappa shape index (κ2) is 6.40. The van der Waals surface area contributed by atoms with Gasteiger partial charge in [0.05, 0.1) is 6.54 Å². The van der Waals surface area contributed by atoms with E-state index >= 15 is 0 Å². The molecule has 3 heteroatoms. The SMILES string of the molecule is O=C(CNC1CC1)Nc1ccc(C2CCCCC2)cc1. The molecule has 108 valence electrons. The largest absolute Gasteiger partial charge is 0.325 e. The van der Waals surface area contributed by atoms with Crippen LogP contribution >= 0.6 is 0 Å². The van der Waals surface area contributed by atoms with Gasteiger partial charge in [0.25, 0.3) is 0 Å². The number of rotatable bonds is 5. The normalized spacial score (nSPS) is 19.8. The molecule has 2 aliphatic rings. The molecule has 0 saturated heterocycles. The van der Waals surface area contributed by atoms with Gasteiger partial charge in [0.15, 0.2) is 0 Å². The molecule has 0 aliphatic heterocycles. The van der Waals surface area contributed by atoms with Gasteiger partial charge in [-0.25, -0.2) is 0 Å². The quantitative estimate of drug-likeness (QED) is 0.862. The highest BCUT2D eigenvalue weighted by molar-refractivity contribution is 5.92. The zero-order valence-corrected chi connectivity index (χ0v) is 12.0. The average molecular weight is 272 g/mol. The molecule has 0 aromatic heterocycles. The molecule has 1 aromatic rings. The molecular formula is C17H24N2O. The second-order valence-electron chi connectivity index (χ2n) is 6.16. The van der Waals surface area contributed by atoms with E-state index in [0.717, 1.165) is 11.6 Å². The fraction of sp³-hybridized carbons (Fsp3) is 0.588. The Bertz CT molecular complexity index is 445. The van der Waals surface area contributed by atoms with Gasteiger partial charge in [-0.15, -0.1) is 0 Å². The minimum absolute atomic E-state index is 0.0577. The zero-order valence-electron chi connectivity index (χ0n) is 12.0. The van der Waals surface area contributed by atoms with Gasteiger partial charge in [-0.3, -0.25) is 4.79 Å². The third-order valence-corrected chi connectivity index (χ3v) is 4.40. The summed E-state index contributed by atoms with van der Waals surface area (Å²) in [6.07, 6.45) is 9.16. The third-order valence-electron chi connectivity index (χ3n) is 4.40. The third kappa shape index (κ3) is 3.83. The molecule has 3 rings (SSSR count). The van der Waals surface area contributed by atoms with Crippen molar-refractivity contribution in [2.24, 2.45) is 0 Å². The van der Waals surface area contributed by atoms with E-state index in [1.54, 1.807) is 0 Å². The number of hydrogen-bond donors (Lipinski definition) is 2. The summed E-state index contributed by atoms with van der Waals surface area (Å²) in [7, 11) is 0. The van der Waals surface area contributed by atoms with Gasteiger partial charge in [-0.2, -0.15) is 0 Å². The predicted molar refractivity (Wildman–Crippen MR) is 81.9 cm³/mol. The summed E-state index contributed by atoms with van der Waals surface area (Å²) in [5, 5.41) is 6.18. The van der Waals surface area contributed by atoms with Crippen LogP contribution in [0.1, 0.15) is 56.4 Å². The summed E-state index contributed by atoms with van der Waals surface area (Å²) in [5.74, 6) is 0.785. The molecular weight excluding hydrogens is 248 g/mol. The number of nitrogens with one attached hydrogen (secondary N) is 2. The molecule has 1 aromatic carbocycles. The van der Waals surface area contributed by atoms with Crippen LogP contribution in [-0.4, -0.2) is 18.5 Å². The highest BCUT2D eigenvalue weighted by Crippen LogP contribution is 2.32. The lowest BCUT2D eigenvalue weighted by Crippen LogP contribution is -2.29. The van der Waals surface area contributed by atoms with Gasteiger partial charge in [0.2, 0.25) is 5.91 Å². The predicted octanol–water partition coefficient (Wildman–Crippen LogP) is 3.42. The van der Waals surface area contributed by atoms with E-state index < -0.39 is 0 Å². The van der Waals surface area contributed by atoms with Crippen LogP contribution in [0.2, 0.25) is 0 Å². The van der Waals surface area contributed by atoms with E-state index in [1.165, 1.54) is 50.5 Å². The monoisotopic (exact) mass is 272 g/mol. The van der Waals surface area contributed by atoms with Gasteiger partial charge < -0.3 is 10.6 Å².